The second-order valence-electron chi connectivity index (χ2n) is 9.81. The van der Waals surface area contributed by atoms with Gasteiger partial charge in [0.15, 0.2) is 5.11 Å². The second kappa shape index (κ2) is 11.1. The van der Waals surface area contributed by atoms with Crippen LogP contribution >= 0.6 is 23.8 Å². The molecule has 40 heavy (non-hydrogen) atoms. The van der Waals surface area contributed by atoms with E-state index in [2.05, 4.69) is 15.6 Å². The van der Waals surface area contributed by atoms with Gasteiger partial charge in [0, 0.05) is 40.8 Å². The first-order chi connectivity index (χ1) is 19.5. The third kappa shape index (κ3) is 5.18. The lowest BCUT2D eigenvalue weighted by atomic mass is 10.0. The molecule has 0 unspecified atom stereocenters. The summed E-state index contributed by atoms with van der Waals surface area (Å²) < 4.78 is 6.40. The zero-order chi connectivity index (χ0) is 27.6. The number of halogens is 1. The van der Waals surface area contributed by atoms with Gasteiger partial charge >= 0.3 is 0 Å². The number of hydrogen-bond donors (Lipinski definition) is 2. The Balaban J connectivity index is 1.26. The minimum Gasteiger partial charge on any atom is -0.459 e. The molecule has 0 radical (unpaired) electrons. The molecule has 6 rings (SSSR count). The SMILES string of the molecule is Cc1ccc(-c2ccc([C@@H]3[C@@H](c4ccccn4)NC(=S)N3CCC(=O)Nc3cccc4ccccc34)o2)cc1Cl. The minimum absolute atomic E-state index is 0.0892. The number of amides is 1. The van der Waals surface area contributed by atoms with Gasteiger partial charge in [0.2, 0.25) is 5.91 Å². The van der Waals surface area contributed by atoms with Crippen LogP contribution in [0.5, 0.6) is 0 Å². The zero-order valence-corrected chi connectivity index (χ0v) is 23.4. The number of carbonyl (C=O) groups is 1. The van der Waals surface area contributed by atoms with Crippen LogP contribution in [0, 0.1) is 6.92 Å². The average molecular weight is 567 g/mol. The van der Waals surface area contributed by atoms with Gasteiger partial charge in [-0.15, -0.1) is 0 Å². The number of nitrogens with zero attached hydrogens (tertiary/aromatic N) is 2. The van der Waals surface area contributed by atoms with Crippen molar-refractivity contribution in [2.24, 2.45) is 0 Å². The van der Waals surface area contributed by atoms with Crippen LogP contribution in [0.15, 0.2) is 102 Å². The number of hydrogen-bond acceptors (Lipinski definition) is 4. The molecule has 1 fully saturated rings. The topological polar surface area (TPSA) is 70.4 Å². The van der Waals surface area contributed by atoms with Crippen molar-refractivity contribution in [1.29, 1.82) is 0 Å². The first kappa shape index (κ1) is 26.0. The molecule has 1 amide bonds. The van der Waals surface area contributed by atoms with E-state index < -0.39 is 0 Å². The molecule has 2 aromatic heterocycles. The maximum absolute atomic E-state index is 13.1. The number of aromatic nitrogens is 1. The Morgan fingerprint density at radius 3 is 2.70 bits per heavy atom. The Bertz CT molecular complexity index is 1700. The number of nitrogens with one attached hydrogen (secondary N) is 2. The summed E-state index contributed by atoms with van der Waals surface area (Å²) in [7, 11) is 0. The standard InChI is InChI=1S/C32H27ClN4O2S/c1-20-12-13-22(19-24(20)33)27-14-15-28(39-27)31-30(26-10-4-5-17-34-26)36-32(40)37(31)18-16-29(38)35-25-11-6-8-21-7-2-3-9-23(21)25/h2-15,17,19,30-31H,16,18H2,1H3,(H,35,38)(H,36,40)/t30-,31-/m1/s1. The molecule has 200 valence electrons. The van der Waals surface area contributed by atoms with Crippen molar-refractivity contribution in [3.63, 3.8) is 0 Å². The highest BCUT2D eigenvalue weighted by Crippen LogP contribution is 2.41. The zero-order valence-electron chi connectivity index (χ0n) is 21.8. The largest absolute Gasteiger partial charge is 0.459 e. The lowest BCUT2D eigenvalue weighted by Gasteiger charge is -2.26. The first-order valence-corrected chi connectivity index (χ1v) is 13.9. The lowest BCUT2D eigenvalue weighted by molar-refractivity contribution is -0.116. The van der Waals surface area contributed by atoms with E-state index in [1.165, 1.54) is 0 Å². The fourth-order valence-corrected chi connectivity index (χ4v) is 5.65. The first-order valence-electron chi connectivity index (χ1n) is 13.1. The van der Waals surface area contributed by atoms with E-state index in [0.29, 0.717) is 22.4 Å². The van der Waals surface area contributed by atoms with Gasteiger partial charge in [-0.2, -0.15) is 0 Å². The number of aryl methyl sites for hydroxylation is 1. The number of carbonyl (C=O) groups excluding carboxylic acids is 1. The van der Waals surface area contributed by atoms with Crippen LogP contribution in [0.3, 0.4) is 0 Å². The maximum Gasteiger partial charge on any atom is 0.226 e. The van der Waals surface area contributed by atoms with Crippen LogP contribution in [-0.4, -0.2) is 27.4 Å². The van der Waals surface area contributed by atoms with E-state index in [4.69, 9.17) is 28.2 Å². The quantitative estimate of drug-likeness (QED) is 0.199. The number of fused-ring (bicyclic) bond motifs is 1. The Labute approximate surface area is 243 Å². The summed E-state index contributed by atoms with van der Waals surface area (Å²) >= 11 is 12.1. The van der Waals surface area contributed by atoms with Crippen molar-refractivity contribution in [2.45, 2.75) is 25.4 Å². The monoisotopic (exact) mass is 566 g/mol. The van der Waals surface area contributed by atoms with Crippen LogP contribution in [0.25, 0.3) is 22.1 Å². The van der Waals surface area contributed by atoms with Crippen molar-refractivity contribution >= 4 is 51.3 Å². The van der Waals surface area contributed by atoms with E-state index in [9.17, 15) is 4.79 Å². The van der Waals surface area contributed by atoms with Crippen molar-refractivity contribution in [1.82, 2.24) is 15.2 Å². The Hall–Kier alpha value is -4.20. The second-order valence-corrected chi connectivity index (χ2v) is 10.6. The van der Waals surface area contributed by atoms with E-state index in [0.717, 1.165) is 39.0 Å². The molecule has 8 heteroatoms. The summed E-state index contributed by atoms with van der Waals surface area (Å²) in [4.78, 5) is 19.7. The number of furan rings is 1. The molecule has 1 aliphatic heterocycles. The average Bonchev–Trinajstić information content (AvgIpc) is 3.58. The number of anilines is 1. The Morgan fingerprint density at radius 2 is 1.88 bits per heavy atom. The molecule has 5 aromatic rings. The predicted octanol–water partition coefficient (Wildman–Crippen LogP) is 7.46. The molecule has 0 spiro atoms. The van der Waals surface area contributed by atoms with Crippen molar-refractivity contribution in [3.05, 3.63) is 119 Å². The normalized spacial score (nSPS) is 16.8. The summed E-state index contributed by atoms with van der Waals surface area (Å²) in [5.74, 6) is 1.35. The molecule has 1 saturated heterocycles. The summed E-state index contributed by atoms with van der Waals surface area (Å²) in [6.45, 7) is 2.37. The van der Waals surface area contributed by atoms with Gasteiger partial charge in [0.1, 0.15) is 17.6 Å². The molecule has 3 heterocycles. The summed E-state index contributed by atoms with van der Waals surface area (Å²) in [5, 5.41) is 9.81. The van der Waals surface area contributed by atoms with E-state index >= 15 is 0 Å². The van der Waals surface area contributed by atoms with E-state index in [1.54, 1.807) is 6.20 Å². The summed E-state index contributed by atoms with van der Waals surface area (Å²) in [5.41, 5.74) is 3.53. The highest BCUT2D eigenvalue weighted by atomic mass is 35.5. The highest BCUT2D eigenvalue weighted by Gasteiger charge is 2.41. The Kier molecular flexibility index (Phi) is 7.24. The van der Waals surface area contributed by atoms with Crippen LogP contribution in [0.2, 0.25) is 5.02 Å². The number of thiocarbonyl (C=S) groups is 1. The fourth-order valence-electron chi connectivity index (χ4n) is 5.14. The van der Waals surface area contributed by atoms with Crippen molar-refractivity contribution in [3.8, 4) is 11.3 Å². The van der Waals surface area contributed by atoms with Gasteiger partial charge in [-0.3, -0.25) is 9.78 Å². The maximum atomic E-state index is 13.1. The van der Waals surface area contributed by atoms with Crippen LogP contribution in [0.1, 0.15) is 35.5 Å². The van der Waals surface area contributed by atoms with Gasteiger partial charge in [-0.1, -0.05) is 66.2 Å². The molecule has 2 atom stereocenters. The van der Waals surface area contributed by atoms with Crippen molar-refractivity contribution in [2.75, 3.05) is 11.9 Å². The van der Waals surface area contributed by atoms with Gasteiger partial charge in [0.05, 0.1) is 11.7 Å². The molecule has 3 aromatic carbocycles. The molecular formula is C32H27ClN4O2S. The van der Waals surface area contributed by atoms with Crippen LogP contribution < -0.4 is 10.6 Å². The van der Waals surface area contributed by atoms with Gasteiger partial charge in [-0.25, -0.2) is 0 Å². The van der Waals surface area contributed by atoms with Crippen LogP contribution in [0.4, 0.5) is 5.69 Å². The van der Waals surface area contributed by atoms with E-state index in [-0.39, 0.29) is 24.4 Å². The molecule has 0 bridgehead atoms. The molecule has 2 N–H and O–H groups in total. The van der Waals surface area contributed by atoms with Crippen LogP contribution in [-0.2, 0) is 4.79 Å². The van der Waals surface area contributed by atoms with Gasteiger partial charge in [0.25, 0.3) is 0 Å². The molecule has 0 aliphatic carbocycles. The third-order valence-corrected chi connectivity index (χ3v) is 7.98. The summed E-state index contributed by atoms with van der Waals surface area (Å²) in [6, 6.07) is 28.9. The van der Waals surface area contributed by atoms with Gasteiger partial charge in [-0.05, 0) is 66.5 Å². The minimum atomic E-state index is -0.289. The Morgan fingerprint density at radius 1 is 1.05 bits per heavy atom. The highest BCUT2D eigenvalue weighted by molar-refractivity contribution is 7.80. The molecular weight excluding hydrogens is 540 g/mol. The predicted molar refractivity (Wildman–Crippen MR) is 163 cm³/mol. The van der Waals surface area contributed by atoms with Gasteiger partial charge < -0.3 is 20.0 Å². The molecule has 6 nitrogen and oxygen atoms in total. The third-order valence-electron chi connectivity index (χ3n) is 7.22. The number of benzene rings is 3. The number of pyridine rings is 1. The molecule has 1 aliphatic rings. The van der Waals surface area contributed by atoms with E-state index in [1.807, 2.05) is 103 Å². The fraction of sp³-hybridized carbons (Fsp3) is 0.156. The smallest absolute Gasteiger partial charge is 0.226 e. The lowest BCUT2D eigenvalue weighted by Crippen LogP contribution is -2.32. The molecule has 0 saturated carbocycles. The summed E-state index contributed by atoms with van der Waals surface area (Å²) in [6.07, 6.45) is 2.01. The van der Waals surface area contributed by atoms with Crippen molar-refractivity contribution < 1.29 is 9.21 Å². The number of rotatable bonds is 7.